The molecule has 6 heteroatoms. The van der Waals surface area contributed by atoms with Crippen LogP contribution in [-0.4, -0.2) is 33.7 Å². The molecule has 5 aliphatic rings. The molecule has 1 aromatic rings. The number of imide groups is 1. The first-order chi connectivity index (χ1) is 13.4. The highest BCUT2D eigenvalue weighted by Gasteiger charge is 2.53. The standard InChI is InChI=1S/C22H23NO4S/c24-19-18(8-13-1-3-17(4-2-13)20(25)26)28-21(27)23(19)12-22-9-14-5-15(10-22)7-16(6-14)11-22/h1-4,8,14-16H,5-7,9-12H2,(H,25,26)/b18-8-. The molecule has 5 fully saturated rings. The van der Waals surface area contributed by atoms with E-state index in [4.69, 9.17) is 5.11 Å². The molecule has 1 heterocycles. The zero-order chi connectivity index (χ0) is 19.5. The Morgan fingerprint density at radius 3 is 2.18 bits per heavy atom. The number of hydrogen-bond donors (Lipinski definition) is 1. The number of amides is 2. The Hall–Kier alpha value is -2.08. The average molecular weight is 397 g/mol. The molecule has 1 aromatic carbocycles. The molecule has 0 atom stereocenters. The smallest absolute Gasteiger partial charge is 0.335 e. The van der Waals surface area contributed by atoms with Crippen molar-refractivity contribution in [1.82, 2.24) is 4.90 Å². The van der Waals surface area contributed by atoms with Gasteiger partial charge in [0, 0.05) is 6.54 Å². The minimum atomic E-state index is -0.984. The molecule has 0 aromatic heterocycles. The molecule has 0 radical (unpaired) electrons. The molecule has 1 aliphatic heterocycles. The van der Waals surface area contributed by atoms with Gasteiger partial charge in [-0.3, -0.25) is 14.5 Å². The number of benzene rings is 1. The van der Waals surface area contributed by atoms with Gasteiger partial charge in [-0.1, -0.05) is 12.1 Å². The Balaban J connectivity index is 1.34. The largest absolute Gasteiger partial charge is 0.478 e. The van der Waals surface area contributed by atoms with Crippen LogP contribution in [-0.2, 0) is 4.79 Å². The number of carbonyl (C=O) groups excluding carboxylic acids is 2. The van der Waals surface area contributed by atoms with E-state index >= 15 is 0 Å². The van der Waals surface area contributed by atoms with Crippen molar-refractivity contribution in [3.05, 3.63) is 40.3 Å². The van der Waals surface area contributed by atoms with Crippen LogP contribution in [0.15, 0.2) is 29.2 Å². The number of carboxylic acid groups (broad SMARTS) is 1. The highest BCUT2D eigenvalue weighted by molar-refractivity contribution is 8.18. The van der Waals surface area contributed by atoms with Gasteiger partial charge < -0.3 is 5.11 Å². The van der Waals surface area contributed by atoms with Crippen molar-refractivity contribution in [2.45, 2.75) is 38.5 Å². The Bertz CT molecular complexity index is 853. The molecule has 5 nitrogen and oxygen atoms in total. The number of carbonyl (C=O) groups is 3. The summed E-state index contributed by atoms with van der Waals surface area (Å²) in [5, 5.41) is 8.82. The lowest BCUT2D eigenvalue weighted by molar-refractivity contribution is -0.127. The fourth-order valence-corrected chi connectivity index (χ4v) is 7.17. The van der Waals surface area contributed by atoms with E-state index in [1.807, 2.05) is 0 Å². The number of nitrogens with zero attached hydrogens (tertiary/aromatic N) is 1. The normalized spacial score (nSPS) is 35.2. The summed E-state index contributed by atoms with van der Waals surface area (Å²) in [4.78, 5) is 38.4. The monoisotopic (exact) mass is 397 g/mol. The van der Waals surface area contributed by atoms with E-state index in [1.54, 1.807) is 18.2 Å². The topological polar surface area (TPSA) is 74.7 Å². The third-order valence-corrected chi connectivity index (χ3v) is 7.89. The fraction of sp³-hybridized carbons (Fsp3) is 0.500. The summed E-state index contributed by atoms with van der Waals surface area (Å²) in [5.74, 6) is 1.17. The zero-order valence-corrected chi connectivity index (χ0v) is 16.4. The van der Waals surface area contributed by atoms with Crippen molar-refractivity contribution < 1.29 is 19.5 Å². The van der Waals surface area contributed by atoms with Crippen LogP contribution in [0.25, 0.3) is 6.08 Å². The number of rotatable bonds is 4. The van der Waals surface area contributed by atoms with Crippen molar-refractivity contribution in [3.8, 4) is 0 Å². The Labute approximate surface area is 168 Å². The second-order valence-electron chi connectivity index (χ2n) is 9.11. The van der Waals surface area contributed by atoms with Gasteiger partial charge in [0.1, 0.15) is 0 Å². The second-order valence-corrected chi connectivity index (χ2v) is 10.1. The van der Waals surface area contributed by atoms with Gasteiger partial charge in [0.05, 0.1) is 10.5 Å². The van der Waals surface area contributed by atoms with Crippen molar-refractivity contribution in [2.75, 3.05) is 6.54 Å². The lowest BCUT2D eigenvalue weighted by Crippen LogP contribution is -2.51. The van der Waals surface area contributed by atoms with Gasteiger partial charge in [0.25, 0.3) is 11.1 Å². The molecule has 6 rings (SSSR count). The number of thioether (sulfide) groups is 1. The Morgan fingerprint density at radius 1 is 1.07 bits per heavy atom. The summed E-state index contributed by atoms with van der Waals surface area (Å²) >= 11 is 0.998. The van der Waals surface area contributed by atoms with Gasteiger partial charge in [-0.05, 0) is 97.2 Å². The van der Waals surface area contributed by atoms with Crippen molar-refractivity contribution in [3.63, 3.8) is 0 Å². The van der Waals surface area contributed by atoms with Gasteiger partial charge in [-0.15, -0.1) is 0 Å². The molecule has 4 saturated carbocycles. The minimum absolute atomic E-state index is 0.138. The summed E-state index contributed by atoms with van der Waals surface area (Å²) in [6.07, 6.45) is 9.20. The molecular formula is C22H23NO4S. The summed E-state index contributed by atoms with van der Waals surface area (Å²) in [7, 11) is 0. The van der Waals surface area contributed by atoms with Crippen molar-refractivity contribution in [1.29, 1.82) is 0 Å². The zero-order valence-electron chi connectivity index (χ0n) is 15.6. The van der Waals surface area contributed by atoms with Crippen LogP contribution in [0.4, 0.5) is 4.79 Å². The number of hydrogen-bond acceptors (Lipinski definition) is 4. The summed E-state index contributed by atoms with van der Waals surface area (Å²) < 4.78 is 0. The predicted molar refractivity (Wildman–Crippen MR) is 107 cm³/mol. The SMILES string of the molecule is O=C(O)c1ccc(/C=C2\SC(=O)N(CC34CC5CC(CC(C5)C3)C4)C2=O)cc1. The Morgan fingerprint density at radius 2 is 1.64 bits per heavy atom. The molecule has 0 spiro atoms. The summed E-state index contributed by atoms with van der Waals surface area (Å²) in [6, 6.07) is 6.34. The molecule has 1 N–H and O–H groups in total. The molecule has 146 valence electrons. The van der Waals surface area contributed by atoms with Crippen LogP contribution in [0.1, 0.15) is 54.4 Å². The maximum Gasteiger partial charge on any atom is 0.335 e. The third kappa shape index (κ3) is 3.08. The van der Waals surface area contributed by atoms with Gasteiger partial charge >= 0.3 is 5.97 Å². The minimum Gasteiger partial charge on any atom is -0.478 e. The highest BCUT2D eigenvalue weighted by atomic mass is 32.2. The van der Waals surface area contributed by atoms with Crippen LogP contribution >= 0.6 is 11.8 Å². The first kappa shape index (κ1) is 18.0. The van der Waals surface area contributed by atoms with Crippen LogP contribution in [0.5, 0.6) is 0 Å². The summed E-state index contributed by atoms with van der Waals surface area (Å²) in [5.41, 5.74) is 1.07. The molecule has 1 saturated heterocycles. The average Bonchev–Trinajstić information content (AvgIpc) is 2.88. The van der Waals surface area contributed by atoms with Crippen molar-refractivity contribution in [2.24, 2.45) is 23.2 Å². The predicted octanol–water partition coefficient (Wildman–Crippen LogP) is 4.64. The van der Waals surface area contributed by atoms with Crippen molar-refractivity contribution >= 4 is 35.0 Å². The second kappa shape index (κ2) is 6.48. The maximum absolute atomic E-state index is 12.9. The van der Waals surface area contributed by atoms with E-state index in [2.05, 4.69) is 0 Å². The number of carboxylic acids is 1. The molecule has 2 amide bonds. The van der Waals surface area contributed by atoms with E-state index in [0.717, 1.165) is 54.3 Å². The quantitative estimate of drug-likeness (QED) is 0.749. The number of aromatic carboxylic acids is 1. The van der Waals surface area contributed by atoms with Gasteiger partial charge in [0.2, 0.25) is 0 Å². The van der Waals surface area contributed by atoms with E-state index < -0.39 is 5.97 Å². The first-order valence-electron chi connectivity index (χ1n) is 9.99. The summed E-state index contributed by atoms with van der Waals surface area (Å²) in [6.45, 7) is 0.566. The maximum atomic E-state index is 12.9. The highest BCUT2D eigenvalue weighted by Crippen LogP contribution is 2.60. The van der Waals surface area contributed by atoms with E-state index in [9.17, 15) is 14.4 Å². The third-order valence-electron chi connectivity index (χ3n) is 6.99. The van der Waals surface area contributed by atoms with Crippen LogP contribution in [0, 0.1) is 23.2 Å². The lowest BCUT2D eigenvalue weighted by atomic mass is 9.49. The first-order valence-corrected chi connectivity index (χ1v) is 10.8. The molecular weight excluding hydrogens is 374 g/mol. The molecule has 0 unspecified atom stereocenters. The van der Waals surface area contributed by atoms with Crippen LogP contribution in [0.2, 0.25) is 0 Å². The molecule has 28 heavy (non-hydrogen) atoms. The van der Waals surface area contributed by atoms with Crippen LogP contribution in [0.3, 0.4) is 0 Å². The van der Waals surface area contributed by atoms with E-state index in [1.165, 1.54) is 36.3 Å². The van der Waals surface area contributed by atoms with E-state index in [-0.39, 0.29) is 22.1 Å². The van der Waals surface area contributed by atoms with E-state index in [0.29, 0.717) is 11.4 Å². The molecule has 4 aliphatic carbocycles. The van der Waals surface area contributed by atoms with Gasteiger partial charge in [-0.25, -0.2) is 4.79 Å². The fourth-order valence-electron chi connectivity index (χ4n) is 6.33. The Kier molecular flexibility index (Phi) is 4.16. The van der Waals surface area contributed by atoms with Gasteiger partial charge in [-0.2, -0.15) is 0 Å². The molecule has 4 bridgehead atoms. The lowest BCUT2D eigenvalue weighted by Gasteiger charge is -2.57. The van der Waals surface area contributed by atoms with Crippen LogP contribution < -0.4 is 0 Å². The van der Waals surface area contributed by atoms with Gasteiger partial charge in [0.15, 0.2) is 0 Å².